The molecule has 2 heteroatoms. The van der Waals surface area contributed by atoms with Gasteiger partial charge in [0.15, 0.2) is 0 Å². The van der Waals surface area contributed by atoms with E-state index >= 15 is 0 Å². The Morgan fingerprint density at radius 1 is 0.700 bits per heavy atom. The van der Waals surface area contributed by atoms with Crippen LogP contribution >= 0.6 is 0 Å². The van der Waals surface area contributed by atoms with E-state index in [9.17, 15) is 0 Å². The van der Waals surface area contributed by atoms with Gasteiger partial charge in [0.25, 0.3) is 0 Å². The van der Waals surface area contributed by atoms with Gasteiger partial charge in [0.1, 0.15) is 0 Å². The monoisotopic (exact) mass is 258 g/mol. The molecule has 2 heterocycles. The number of pyridine rings is 1. The van der Waals surface area contributed by atoms with Gasteiger partial charge in [0.2, 0.25) is 0 Å². The van der Waals surface area contributed by atoms with Crippen molar-refractivity contribution in [1.82, 2.24) is 9.55 Å². The van der Waals surface area contributed by atoms with Crippen LogP contribution in [-0.2, 0) is 6.54 Å². The van der Waals surface area contributed by atoms with Crippen LogP contribution in [0.15, 0.2) is 72.9 Å². The lowest BCUT2D eigenvalue weighted by Crippen LogP contribution is -2.00. The Bertz CT molecular complexity index is 822. The molecule has 0 atom stereocenters. The van der Waals surface area contributed by atoms with E-state index in [1.165, 1.54) is 21.8 Å². The lowest BCUT2D eigenvalue weighted by atomic mass is 10.2. The molecular weight excluding hydrogens is 244 g/mol. The number of para-hydroxylation sites is 2. The van der Waals surface area contributed by atoms with Crippen LogP contribution in [0, 0.1) is 0 Å². The average molecular weight is 258 g/mol. The average Bonchev–Trinajstić information content (AvgIpc) is 2.84. The minimum Gasteiger partial charge on any atom is -0.334 e. The van der Waals surface area contributed by atoms with Gasteiger partial charge in [-0.15, -0.1) is 0 Å². The van der Waals surface area contributed by atoms with Gasteiger partial charge in [-0.3, -0.25) is 4.98 Å². The summed E-state index contributed by atoms with van der Waals surface area (Å²) in [5.41, 5.74) is 3.61. The first-order valence-electron chi connectivity index (χ1n) is 6.79. The molecule has 0 spiro atoms. The van der Waals surface area contributed by atoms with E-state index in [2.05, 4.69) is 64.1 Å². The van der Waals surface area contributed by atoms with Crippen molar-refractivity contribution in [2.45, 2.75) is 6.54 Å². The predicted octanol–water partition coefficient (Wildman–Crippen LogP) is 4.24. The zero-order valence-electron chi connectivity index (χ0n) is 11.0. The minimum absolute atomic E-state index is 0.800. The van der Waals surface area contributed by atoms with E-state index in [1.54, 1.807) is 0 Å². The molecule has 0 unspecified atom stereocenters. The van der Waals surface area contributed by atoms with E-state index in [1.807, 2.05) is 18.3 Å². The number of aromatic nitrogens is 2. The van der Waals surface area contributed by atoms with Crippen LogP contribution < -0.4 is 0 Å². The number of nitrogens with zero attached hydrogens (tertiary/aromatic N) is 2. The van der Waals surface area contributed by atoms with E-state index in [4.69, 9.17) is 0 Å². The Morgan fingerprint density at radius 2 is 1.30 bits per heavy atom. The highest BCUT2D eigenvalue weighted by atomic mass is 15.0. The number of benzene rings is 2. The molecular formula is C18H14N2. The minimum atomic E-state index is 0.800. The first-order chi connectivity index (χ1) is 9.93. The molecule has 0 amide bonds. The van der Waals surface area contributed by atoms with Crippen LogP contribution in [0.25, 0.3) is 21.8 Å². The summed E-state index contributed by atoms with van der Waals surface area (Å²) < 4.78 is 2.34. The molecule has 0 fully saturated rings. The van der Waals surface area contributed by atoms with E-state index in [-0.39, 0.29) is 0 Å². The molecule has 2 nitrogen and oxygen atoms in total. The van der Waals surface area contributed by atoms with Gasteiger partial charge in [-0.2, -0.15) is 0 Å². The maximum atomic E-state index is 4.45. The summed E-state index contributed by atoms with van der Waals surface area (Å²) in [5, 5.41) is 2.61. The lowest BCUT2D eigenvalue weighted by molar-refractivity contribution is 0.835. The first kappa shape index (κ1) is 11.2. The van der Waals surface area contributed by atoms with Gasteiger partial charge in [-0.25, -0.2) is 0 Å². The Hall–Kier alpha value is -2.61. The highest BCUT2D eigenvalue weighted by molar-refractivity contribution is 6.07. The quantitative estimate of drug-likeness (QED) is 0.526. The first-order valence-corrected chi connectivity index (χ1v) is 6.79. The molecule has 0 radical (unpaired) electrons. The fraction of sp³-hybridized carbons (Fsp3) is 0.0556. The summed E-state index contributed by atoms with van der Waals surface area (Å²) >= 11 is 0. The maximum absolute atomic E-state index is 4.45. The van der Waals surface area contributed by atoms with Gasteiger partial charge in [-0.05, 0) is 24.3 Å². The van der Waals surface area contributed by atoms with Crippen molar-refractivity contribution in [2.75, 3.05) is 0 Å². The smallest absolute Gasteiger partial charge is 0.0654 e. The summed E-state index contributed by atoms with van der Waals surface area (Å²) in [7, 11) is 0. The van der Waals surface area contributed by atoms with Gasteiger partial charge in [0, 0.05) is 28.0 Å². The number of hydrogen-bond donors (Lipinski definition) is 0. The SMILES string of the molecule is c1ccc(Cn2c3ccccc3c3ccccc32)nc1. The second kappa shape index (κ2) is 4.49. The Labute approximate surface area is 117 Å². The van der Waals surface area contributed by atoms with Gasteiger partial charge in [0.05, 0.1) is 12.2 Å². The van der Waals surface area contributed by atoms with Crippen molar-refractivity contribution in [3.05, 3.63) is 78.6 Å². The number of hydrogen-bond acceptors (Lipinski definition) is 1. The van der Waals surface area contributed by atoms with Gasteiger partial charge in [-0.1, -0.05) is 42.5 Å². The van der Waals surface area contributed by atoms with Crippen molar-refractivity contribution in [3.63, 3.8) is 0 Å². The molecule has 0 N–H and O–H groups in total. The largest absolute Gasteiger partial charge is 0.334 e. The zero-order valence-corrected chi connectivity index (χ0v) is 11.0. The van der Waals surface area contributed by atoms with E-state index in [0.29, 0.717) is 0 Å². The third kappa shape index (κ3) is 1.69. The van der Waals surface area contributed by atoms with E-state index in [0.717, 1.165) is 12.2 Å². The highest BCUT2D eigenvalue weighted by Crippen LogP contribution is 2.29. The lowest BCUT2D eigenvalue weighted by Gasteiger charge is -2.06. The number of fused-ring (bicyclic) bond motifs is 3. The number of rotatable bonds is 2. The molecule has 0 aliphatic rings. The molecule has 96 valence electrons. The van der Waals surface area contributed by atoms with Crippen LogP contribution in [-0.4, -0.2) is 9.55 Å². The summed E-state index contributed by atoms with van der Waals surface area (Å²) in [5.74, 6) is 0. The molecule has 0 saturated heterocycles. The zero-order chi connectivity index (χ0) is 13.4. The molecule has 0 aliphatic heterocycles. The molecule has 2 aromatic heterocycles. The van der Waals surface area contributed by atoms with Crippen LogP contribution in [0.2, 0.25) is 0 Å². The fourth-order valence-electron chi connectivity index (χ4n) is 2.83. The Balaban J connectivity index is 2.00. The Morgan fingerprint density at radius 3 is 1.90 bits per heavy atom. The highest BCUT2D eigenvalue weighted by Gasteiger charge is 2.09. The van der Waals surface area contributed by atoms with Crippen molar-refractivity contribution < 1.29 is 0 Å². The molecule has 4 aromatic rings. The van der Waals surface area contributed by atoms with Crippen molar-refractivity contribution in [3.8, 4) is 0 Å². The van der Waals surface area contributed by atoms with E-state index < -0.39 is 0 Å². The molecule has 20 heavy (non-hydrogen) atoms. The van der Waals surface area contributed by atoms with Crippen molar-refractivity contribution >= 4 is 21.8 Å². The molecule has 0 bridgehead atoms. The molecule has 2 aromatic carbocycles. The van der Waals surface area contributed by atoms with Crippen molar-refractivity contribution in [1.29, 1.82) is 0 Å². The van der Waals surface area contributed by atoms with Gasteiger partial charge < -0.3 is 4.57 Å². The van der Waals surface area contributed by atoms with Crippen LogP contribution in [0.5, 0.6) is 0 Å². The normalized spacial score (nSPS) is 11.2. The third-order valence-electron chi connectivity index (χ3n) is 3.73. The summed E-state index contributed by atoms with van der Waals surface area (Å²) in [6, 6.07) is 23.2. The van der Waals surface area contributed by atoms with Crippen LogP contribution in [0.3, 0.4) is 0 Å². The summed E-state index contributed by atoms with van der Waals surface area (Å²) in [4.78, 5) is 4.45. The Kier molecular flexibility index (Phi) is 2.52. The predicted molar refractivity (Wildman–Crippen MR) is 82.8 cm³/mol. The van der Waals surface area contributed by atoms with Gasteiger partial charge >= 0.3 is 0 Å². The maximum Gasteiger partial charge on any atom is 0.0654 e. The molecule has 4 rings (SSSR count). The van der Waals surface area contributed by atoms with Crippen molar-refractivity contribution in [2.24, 2.45) is 0 Å². The standard InChI is InChI=1S/C18H14N2/c1-3-10-17-15(8-1)16-9-2-4-11-18(16)20(17)13-14-7-5-6-12-19-14/h1-12H,13H2. The van der Waals surface area contributed by atoms with Crippen LogP contribution in [0.4, 0.5) is 0 Å². The molecule has 0 aliphatic carbocycles. The second-order valence-electron chi connectivity index (χ2n) is 4.94. The molecule has 0 saturated carbocycles. The topological polar surface area (TPSA) is 17.8 Å². The fourth-order valence-corrected chi connectivity index (χ4v) is 2.83. The second-order valence-corrected chi connectivity index (χ2v) is 4.94. The third-order valence-corrected chi connectivity index (χ3v) is 3.73. The van der Waals surface area contributed by atoms with Crippen LogP contribution in [0.1, 0.15) is 5.69 Å². The summed E-state index contributed by atoms with van der Waals surface area (Å²) in [6.07, 6.45) is 1.85. The summed E-state index contributed by atoms with van der Waals surface area (Å²) in [6.45, 7) is 0.800.